The average molecular weight is 366 g/mol. The molecule has 0 saturated heterocycles. The van der Waals surface area contributed by atoms with Crippen molar-refractivity contribution in [1.82, 2.24) is 14.2 Å². The molecule has 0 aliphatic rings. The number of fused-ring (bicyclic) bond motifs is 1. The van der Waals surface area contributed by atoms with E-state index in [0.717, 1.165) is 9.65 Å². The SMILES string of the molecule is Cc1ccc(S(=O)(=O)n2nc(C)c3ncc(Br)cc32)cc1. The van der Waals surface area contributed by atoms with Crippen molar-refractivity contribution in [3.8, 4) is 0 Å². The molecule has 7 heteroatoms. The second-order valence-electron chi connectivity index (χ2n) is 4.77. The van der Waals surface area contributed by atoms with E-state index in [9.17, 15) is 8.42 Å². The quantitative estimate of drug-likeness (QED) is 0.699. The van der Waals surface area contributed by atoms with E-state index in [-0.39, 0.29) is 4.90 Å². The fourth-order valence-electron chi connectivity index (χ4n) is 2.08. The van der Waals surface area contributed by atoms with Crippen LogP contribution in [0.2, 0.25) is 0 Å². The summed E-state index contributed by atoms with van der Waals surface area (Å²) in [5.74, 6) is 0. The number of rotatable bonds is 2. The maximum atomic E-state index is 12.7. The summed E-state index contributed by atoms with van der Waals surface area (Å²) in [7, 11) is -3.73. The van der Waals surface area contributed by atoms with Gasteiger partial charge in [0.2, 0.25) is 0 Å². The molecule has 3 rings (SSSR count). The Morgan fingerprint density at radius 1 is 1.14 bits per heavy atom. The van der Waals surface area contributed by atoms with Crippen molar-refractivity contribution in [3.63, 3.8) is 0 Å². The van der Waals surface area contributed by atoms with Crippen molar-refractivity contribution in [2.45, 2.75) is 18.7 Å². The van der Waals surface area contributed by atoms with E-state index in [4.69, 9.17) is 0 Å². The van der Waals surface area contributed by atoms with Gasteiger partial charge < -0.3 is 0 Å². The third-order valence-corrected chi connectivity index (χ3v) is 5.21. The molecule has 2 aromatic heterocycles. The van der Waals surface area contributed by atoms with Gasteiger partial charge in [0, 0.05) is 10.7 Å². The molecule has 0 radical (unpaired) electrons. The molecule has 5 nitrogen and oxygen atoms in total. The topological polar surface area (TPSA) is 64.8 Å². The number of hydrogen-bond acceptors (Lipinski definition) is 4. The Balaban J connectivity index is 2.28. The molecule has 0 fully saturated rings. The minimum Gasteiger partial charge on any atom is -0.251 e. The van der Waals surface area contributed by atoms with E-state index < -0.39 is 10.0 Å². The fraction of sp³-hybridized carbons (Fsp3) is 0.143. The highest BCUT2D eigenvalue weighted by Gasteiger charge is 2.22. The highest BCUT2D eigenvalue weighted by atomic mass is 79.9. The van der Waals surface area contributed by atoms with Crippen LogP contribution in [0.3, 0.4) is 0 Å². The standard InChI is InChI=1S/C14H12BrN3O2S/c1-9-3-5-12(6-4-9)21(19,20)18-13-7-11(15)8-16-14(13)10(2)17-18/h3-8H,1-2H3. The lowest BCUT2D eigenvalue weighted by atomic mass is 10.2. The van der Waals surface area contributed by atoms with Gasteiger partial charge in [0.15, 0.2) is 0 Å². The highest BCUT2D eigenvalue weighted by molar-refractivity contribution is 9.10. The van der Waals surface area contributed by atoms with Gasteiger partial charge in [-0.05, 0) is 48.0 Å². The van der Waals surface area contributed by atoms with Crippen molar-refractivity contribution in [1.29, 1.82) is 0 Å². The zero-order valence-electron chi connectivity index (χ0n) is 11.4. The monoisotopic (exact) mass is 365 g/mol. The molecule has 21 heavy (non-hydrogen) atoms. The van der Waals surface area contributed by atoms with Crippen molar-refractivity contribution in [2.24, 2.45) is 0 Å². The summed E-state index contributed by atoms with van der Waals surface area (Å²) < 4.78 is 27.2. The van der Waals surface area contributed by atoms with Crippen LogP contribution in [0.25, 0.3) is 11.0 Å². The first-order chi connectivity index (χ1) is 9.89. The number of aromatic nitrogens is 3. The van der Waals surface area contributed by atoms with Gasteiger partial charge in [0.05, 0.1) is 10.6 Å². The summed E-state index contributed by atoms with van der Waals surface area (Å²) in [6.45, 7) is 3.65. The highest BCUT2D eigenvalue weighted by Crippen LogP contribution is 2.24. The third kappa shape index (κ3) is 2.36. The lowest BCUT2D eigenvalue weighted by Crippen LogP contribution is -2.14. The van der Waals surface area contributed by atoms with Crippen LogP contribution in [-0.4, -0.2) is 22.6 Å². The van der Waals surface area contributed by atoms with Crippen LogP contribution in [0.5, 0.6) is 0 Å². The summed E-state index contributed by atoms with van der Waals surface area (Å²) in [5, 5.41) is 4.15. The number of aryl methyl sites for hydroxylation is 2. The molecule has 0 atom stereocenters. The van der Waals surface area contributed by atoms with Crippen molar-refractivity contribution >= 4 is 37.0 Å². The van der Waals surface area contributed by atoms with E-state index in [1.807, 2.05) is 6.92 Å². The largest absolute Gasteiger partial charge is 0.283 e. The second-order valence-corrected chi connectivity index (χ2v) is 7.45. The molecule has 0 amide bonds. The summed E-state index contributed by atoms with van der Waals surface area (Å²) in [4.78, 5) is 4.43. The molecule has 0 unspecified atom stereocenters. The molecule has 0 aliphatic carbocycles. The molecular formula is C14H12BrN3O2S. The molecule has 2 heterocycles. The van der Waals surface area contributed by atoms with Crippen LogP contribution in [0.1, 0.15) is 11.3 Å². The summed E-state index contributed by atoms with van der Waals surface area (Å²) in [6.07, 6.45) is 1.62. The van der Waals surface area contributed by atoms with Crippen LogP contribution in [0.4, 0.5) is 0 Å². The fourth-order valence-corrected chi connectivity index (χ4v) is 3.71. The first-order valence-electron chi connectivity index (χ1n) is 6.23. The first kappa shape index (κ1) is 14.2. The van der Waals surface area contributed by atoms with Crippen LogP contribution >= 0.6 is 15.9 Å². The van der Waals surface area contributed by atoms with Crippen LogP contribution in [0, 0.1) is 13.8 Å². The molecule has 0 aliphatic heterocycles. The third-order valence-electron chi connectivity index (χ3n) is 3.17. The molecule has 0 spiro atoms. The van der Waals surface area contributed by atoms with Gasteiger partial charge in [-0.25, -0.2) is 0 Å². The summed E-state index contributed by atoms with van der Waals surface area (Å²) >= 11 is 3.31. The zero-order chi connectivity index (χ0) is 15.2. The Hall–Kier alpha value is -1.73. The van der Waals surface area contributed by atoms with Crippen LogP contribution in [-0.2, 0) is 10.0 Å². The summed E-state index contributed by atoms with van der Waals surface area (Å²) in [5.41, 5.74) is 2.62. The lowest BCUT2D eigenvalue weighted by Gasteiger charge is -2.06. The van der Waals surface area contributed by atoms with Crippen LogP contribution < -0.4 is 0 Å². The molecule has 0 bridgehead atoms. The number of halogens is 1. The van der Waals surface area contributed by atoms with Crippen molar-refractivity contribution < 1.29 is 8.42 Å². The van der Waals surface area contributed by atoms with Gasteiger partial charge in [0.1, 0.15) is 11.0 Å². The average Bonchev–Trinajstić information content (AvgIpc) is 2.76. The minimum atomic E-state index is -3.73. The number of hydrogen-bond donors (Lipinski definition) is 0. The van der Waals surface area contributed by atoms with Gasteiger partial charge in [-0.2, -0.15) is 17.6 Å². The molecule has 108 valence electrons. The Bertz CT molecular complexity index is 931. The normalized spacial score (nSPS) is 12.0. The number of benzene rings is 1. The maximum Gasteiger partial charge on any atom is 0.283 e. The van der Waals surface area contributed by atoms with E-state index in [1.54, 1.807) is 43.5 Å². The Labute approximate surface area is 130 Å². The molecule has 1 aromatic carbocycles. The van der Waals surface area contributed by atoms with Gasteiger partial charge in [-0.1, -0.05) is 17.7 Å². The minimum absolute atomic E-state index is 0.206. The van der Waals surface area contributed by atoms with Gasteiger partial charge in [-0.3, -0.25) is 4.98 Å². The van der Waals surface area contributed by atoms with Crippen molar-refractivity contribution in [2.75, 3.05) is 0 Å². The lowest BCUT2D eigenvalue weighted by molar-refractivity contribution is 0.582. The molecule has 0 N–H and O–H groups in total. The maximum absolute atomic E-state index is 12.7. The first-order valence-corrected chi connectivity index (χ1v) is 8.46. The van der Waals surface area contributed by atoms with Gasteiger partial charge in [-0.15, -0.1) is 0 Å². The van der Waals surface area contributed by atoms with Crippen LogP contribution in [0.15, 0.2) is 45.9 Å². The Kier molecular flexibility index (Phi) is 3.33. The van der Waals surface area contributed by atoms with Gasteiger partial charge in [0.25, 0.3) is 10.0 Å². The summed E-state index contributed by atoms with van der Waals surface area (Å²) in [6, 6.07) is 8.39. The smallest absolute Gasteiger partial charge is 0.251 e. The second kappa shape index (κ2) is 4.92. The Morgan fingerprint density at radius 3 is 2.48 bits per heavy atom. The molecule has 3 aromatic rings. The molecular weight excluding hydrogens is 354 g/mol. The van der Waals surface area contributed by atoms with E-state index >= 15 is 0 Å². The predicted molar refractivity (Wildman–Crippen MR) is 83.7 cm³/mol. The van der Waals surface area contributed by atoms with E-state index in [0.29, 0.717) is 21.2 Å². The number of nitrogens with zero attached hydrogens (tertiary/aromatic N) is 3. The number of pyridine rings is 1. The van der Waals surface area contributed by atoms with Crippen molar-refractivity contribution in [3.05, 3.63) is 52.3 Å². The molecule has 0 saturated carbocycles. The van der Waals surface area contributed by atoms with E-state index in [2.05, 4.69) is 26.0 Å². The Morgan fingerprint density at radius 2 is 1.81 bits per heavy atom. The predicted octanol–water partition coefficient (Wildman–Crippen LogP) is 3.05. The van der Waals surface area contributed by atoms with E-state index in [1.165, 1.54) is 0 Å². The zero-order valence-corrected chi connectivity index (χ0v) is 13.8. The van der Waals surface area contributed by atoms with Gasteiger partial charge >= 0.3 is 0 Å².